The van der Waals surface area contributed by atoms with Gasteiger partial charge in [-0.05, 0) is 35.9 Å². The largest absolute Gasteiger partial charge is 0.497 e. The van der Waals surface area contributed by atoms with Crippen LogP contribution < -0.4 is 10.5 Å². The number of hydrogen-bond acceptors (Lipinski definition) is 6. The third kappa shape index (κ3) is 4.57. The van der Waals surface area contributed by atoms with Crippen LogP contribution in [-0.2, 0) is 0 Å². The SMILES string of the molecule is COc1ccc2nc(-c3cccnc3)nc(N=C(C=C(N)c3ccccc3)N(C)C)c2c1. The van der Waals surface area contributed by atoms with Crippen molar-refractivity contribution in [3.63, 3.8) is 0 Å². The Morgan fingerprint density at radius 3 is 2.53 bits per heavy atom. The summed E-state index contributed by atoms with van der Waals surface area (Å²) in [5.41, 5.74) is 9.47. The normalized spacial score (nSPS) is 12.1. The Labute approximate surface area is 186 Å². The first-order valence-corrected chi connectivity index (χ1v) is 10.1. The molecule has 7 heteroatoms. The molecule has 4 rings (SSSR count). The Bertz CT molecular complexity index is 1280. The Kier molecular flexibility index (Phi) is 6.07. The molecule has 4 aromatic rings. The minimum absolute atomic E-state index is 0.522. The molecule has 32 heavy (non-hydrogen) atoms. The van der Waals surface area contributed by atoms with E-state index in [-0.39, 0.29) is 0 Å². The summed E-state index contributed by atoms with van der Waals surface area (Å²) in [7, 11) is 5.46. The Balaban J connectivity index is 1.90. The fraction of sp³-hybridized carbons (Fsp3) is 0.120. The van der Waals surface area contributed by atoms with E-state index in [4.69, 9.17) is 25.4 Å². The van der Waals surface area contributed by atoms with Crippen LogP contribution in [0.3, 0.4) is 0 Å². The fourth-order valence-corrected chi connectivity index (χ4v) is 3.15. The zero-order chi connectivity index (χ0) is 22.5. The van der Waals surface area contributed by atoms with Gasteiger partial charge in [-0.25, -0.2) is 15.0 Å². The van der Waals surface area contributed by atoms with Gasteiger partial charge in [-0.3, -0.25) is 4.98 Å². The third-order valence-corrected chi connectivity index (χ3v) is 4.87. The molecule has 0 bridgehead atoms. The second-order valence-corrected chi connectivity index (χ2v) is 7.33. The monoisotopic (exact) mass is 424 g/mol. The average molecular weight is 425 g/mol. The number of rotatable bonds is 5. The first kappa shape index (κ1) is 21.0. The van der Waals surface area contributed by atoms with Crippen molar-refractivity contribution in [2.24, 2.45) is 10.7 Å². The van der Waals surface area contributed by atoms with Crippen molar-refractivity contribution in [3.05, 3.63) is 84.7 Å². The summed E-state index contributed by atoms with van der Waals surface area (Å²) in [4.78, 5) is 20.4. The van der Waals surface area contributed by atoms with Crippen LogP contribution in [0.15, 0.2) is 84.1 Å². The highest BCUT2D eigenvalue weighted by Crippen LogP contribution is 2.30. The molecule has 0 atom stereocenters. The zero-order valence-electron chi connectivity index (χ0n) is 18.2. The van der Waals surface area contributed by atoms with E-state index < -0.39 is 0 Å². The van der Waals surface area contributed by atoms with E-state index >= 15 is 0 Å². The lowest BCUT2D eigenvalue weighted by Gasteiger charge is -2.15. The predicted octanol–water partition coefficient (Wildman–Crippen LogP) is 4.29. The van der Waals surface area contributed by atoms with Crippen molar-refractivity contribution in [2.45, 2.75) is 0 Å². The van der Waals surface area contributed by atoms with Crippen LogP contribution in [0.4, 0.5) is 5.82 Å². The number of hydrogen-bond donors (Lipinski definition) is 1. The Hall–Kier alpha value is -4.26. The molecule has 0 aliphatic heterocycles. The second-order valence-electron chi connectivity index (χ2n) is 7.33. The minimum atomic E-state index is 0.522. The van der Waals surface area contributed by atoms with Gasteiger partial charge in [0.1, 0.15) is 11.6 Å². The molecule has 2 heterocycles. The molecule has 160 valence electrons. The number of nitrogens with two attached hydrogens (primary N) is 1. The van der Waals surface area contributed by atoms with Gasteiger partial charge in [0, 0.05) is 49.2 Å². The van der Waals surface area contributed by atoms with Crippen LogP contribution in [0, 0.1) is 0 Å². The van der Waals surface area contributed by atoms with E-state index in [1.54, 1.807) is 19.5 Å². The molecule has 0 aliphatic rings. The molecule has 0 radical (unpaired) electrons. The van der Waals surface area contributed by atoms with E-state index in [1.807, 2.05) is 85.7 Å². The van der Waals surface area contributed by atoms with Crippen molar-refractivity contribution < 1.29 is 4.74 Å². The van der Waals surface area contributed by atoms with Crippen molar-refractivity contribution >= 4 is 28.3 Å². The average Bonchev–Trinajstić information content (AvgIpc) is 2.84. The number of likely N-dealkylation sites (N-methyl/N-ethyl adjacent to an activating group) is 1. The summed E-state index contributed by atoms with van der Waals surface area (Å²) in [5, 5.41) is 0.781. The molecule has 0 unspecified atom stereocenters. The maximum atomic E-state index is 6.36. The summed E-state index contributed by atoms with van der Waals surface area (Å²) in [5.74, 6) is 2.44. The van der Waals surface area contributed by atoms with E-state index in [0.717, 1.165) is 22.0 Å². The van der Waals surface area contributed by atoms with Gasteiger partial charge in [-0.1, -0.05) is 30.3 Å². The fourth-order valence-electron chi connectivity index (χ4n) is 3.15. The summed E-state index contributed by atoms with van der Waals surface area (Å²) < 4.78 is 5.41. The maximum absolute atomic E-state index is 6.36. The van der Waals surface area contributed by atoms with E-state index in [1.165, 1.54) is 0 Å². The molecule has 0 amide bonds. The first-order valence-electron chi connectivity index (χ1n) is 10.1. The maximum Gasteiger partial charge on any atom is 0.166 e. The van der Waals surface area contributed by atoms with E-state index in [9.17, 15) is 0 Å². The standard InChI is InChI=1S/C25H24N6O/c1-31(2)23(15-21(26)17-8-5-4-6-9-17)29-25-20-14-19(32-3)11-12-22(20)28-24(30-25)18-10-7-13-27-16-18/h4-16H,26H2,1-3H3. The molecular formula is C25H24N6O. The summed E-state index contributed by atoms with van der Waals surface area (Å²) in [6.45, 7) is 0. The topological polar surface area (TPSA) is 89.5 Å². The second kappa shape index (κ2) is 9.26. The van der Waals surface area contributed by atoms with Crippen LogP contribution in [0.5, 0.6) is 5.75 Å². The van der Waals surface area contributed by atoms with E-state index in [0.29, 0.717) is 28.9 Å². The number of ether oxygens (including phenoxy) is 1. The van der Waals surface area contributed by atoms with Crippen molar-refractivity contribution in [1.82, 2.24) is 19.9 Å². The number of methoxy groups -OCH3 is 1. The number of amidine groups is 1. The van der Waals surface area contributed by atoms with Crippen LogP contribution in [0.2, 0.25) is 0 Å². The summed E-state index contributed by atoms with van der Waals surface area (Å²) in [6, 6.07) is 19.2. The molecule has 0 saturated heterocycles. The number of benzene rings is 2. The lowest BCUT2D eigenvalue weighted by atomic mass is 10.1. The predicted molar refractivity (Wildman–Crippen MR) is 129 cm³/mol. The molecule has 7 nitrogen and oxygen atoms in total. The van der Waals surface area contributed by atoms with Gasteiger partial charge < -0.3 is 15.4 Å². The van der Waals surface area contributed by atoms with Crippen molar-refractivity contribution in [2.75, 3.05) is 21.2 Å². The van der Waals surface area contributed by atoms with Crippen LogP contribution in [-0.4, -0.2) is 46.9 Å². The van der Waals surface area contributed by atoms with Gasteiger partial charge in [-0.2, -0.15) is 0 Å². The van der Waals surface area contributed by atoms with Gasteiger partial charge in [-0.15, -0.1) is 0 Å². The van der Waals surface area contributed by atoms with Gasteiger partial charge in [0.2, 0.25) is 0 Å². The number of aromatic nitrogens is 3. The van der Waals surface area contributed by atoms with Crippen molar-refractivity contribution in [3.8, 4) is 17.1 Å². The number of aliphatic imine (C=N–C) groups is 1. The summed E-state index contributed by atoms with van der Waals surface area (Å²) >= 11 is 0. The summed E-state index contributed by atoms with van der Waals surface area (Å²) in [6.07, 6.45) is 5.29. The number of nitrogens with zero attached hydrogens (tertiary/aromatic N) is 5. The number of pyridine rings is 1. The molecule has 0 aliphatic carbocycles. The molecule has 0 saturated carbocycles. The first-order chi connectivity index (χ1) is 15.5. The number of fused-ring (bicyclic) bond motifs is 1. The highest BCUT2D eigenvalue weighted by molar-refractivity contribution is 6.02. The Morgan fingerprint density at radius 2 is 1.84 bits per heavy atom. The Morgan fingerprint density at radius 1 is 1.03 bits per heavy atom. The molecule has 2 aromatic heterocycles. The van der Waals surface area contributed by atoms with Gasteiger partial charge >= 0.3 is 0 Å². The highest BCUT2D eigenvalue weighted by Gasteiger charge is 2.12. The van der Waals surface area contributed by atoms with Crippen molar-refractivity contribution in [1.29, 1.82) is 0 Å². The van der Waals surface area contributed by atoms with Crippen LogP contribution >= 0.6 is 0 Å². The van der Waals surface area contributed by atoms with Gasteiger partial charge in [0.15, 0.2) is 11.6 Å². The highest BCUT2D eigenvalue weighted by atomic mass is 16.5. The minimum Gasteiger partial charge on any atom is -0.497 e. The molecule has 2 aromatic carbocycles. The molecular weight excluding hydrogens is 400 g/mol. The van der Waals surface area contributed by atoms with Gasteiger partial charge in [0.05, 0.1) is 12.6 Å². The molecule has 0 fully saturated rings. The lowest BCUT2D eigenvalue weighted by Crippen LogP contribution is -2.21. The molecule has 0 spiro atoms. The van der Waals surface area contributed by atoms with Crippen LogP contribution in [0.25, 0.3) is 28.0 Å². The van der Waals surface area contributed by atoms with E-state index in [2.05, 4.69) is 4.98 Å². The third-order valence-electron chi connectivity index (χ3n) is 4.87. The molecule has 2 N–H and O–H groups in total. The van der Waals surface area contributed by atoms with Crippen LogP contribution in [0.1, 0.15) is 5.56 Å². The van der Waals surface area contributed by atoms with Gasteiger partial charge in [0.25, 0.3) is 0 Å². The lowest BCUT2D eigenvalue weighted by molar-refractivity contribution is 0.415. The zero-order valence-corrected chi connectivity index (χ0v) is 18.2. The quantitative estimate of drug-likeness (QED) is 0.380. The smallest absolute Gasteiger partial charge is 0.166 e.